The van der Waals surface area contributed by atoms with Gasteiger partial charge in [-0.15, -0.1) is 0 Å². The molecule has 0 aliphatic carbocycles. The average Bonchev–Trinajstić information content (AvgIpc) is 2.36. The van der Waals surface area contributed by atoms with E-state index >= 15 is 0 Å². The standard InChI is InChI=1S/C9H9BrFNO4S/c10-9(6-11,12(13)14)7-16-17(15)8-4-2-1-3-5-8/h1-5H,6-7H2. The third kappa shape index (κ3) is 3.83. The van der Waals surface area contributed by atoms with Gasteiger partial charge in [-0.1, -0.05) is 18.2 Å². The van der Waals surface area contributed by atoms with E-state index in [2.05, 4.69) is 15.9 Å². The Morgan fingerprint density at radius 3 is 2.53 bits per heavy atom. The van der Waals surface area contributed by atoms with Crippen molar-refractivity contribution >= 4 is 27.0 Å². The summed E-state index contributed by atoms with van der Waals surface area (Å²) in [4.78, 5) is 10.1. The predicted molar refractivity (Wildman–Crippen MR) is 63.4 cm³/mol. The fourth-order valence-corrected chi connectivity index (χ4v) is 1.97. The van der Waals surface area contributed by atoms with E-state index in [0.717, 1.165) is 0 Å². The summed E-state index contributed by atoms with van der Waals surface area (Å²) in [7, 11) is 0. The fraction of sp³-hybridized carbons (Fsp3) is 0.333. The third-order valence-corrected chi connectivity index (χ3v) is 3.57. The molecule has 0 saturated heterocycles. The molecule has 1 aromatic rings. The Labute approximate surface area is 108 Å². The molecule has 0 N–H and O–H groups in total. The Morgan fingerprint density at radius 1 is 1.47 bits per heavy atom. The summed E-state index contributed by atoms with van der Waals surface area (Å²) < 4.78 is 26.8. The summed E-state index contributed by atoms with van der Waals surface area (Å²) in [6.07, 6.45) is 0. The van der Waals surface area contributed by atoms with Gasteiger partial charge in [-0.3, -0.25) is 14.3 Å². The van der Waals surface area contributed by atoms with Crippen LogP contribution in [-0.2, 0) is 15.3 Å². The van der Waals surface area contributed by atoms with Crippen LogP contribution in [0.25, 0.3) is 0 Å². The molecule has 0 aliphatic heterocycles. The number of hydrogen-bond donors (Lipinski definition) is 0. The Balaban J connectivity index is 2.63. The van der Waals surface area contributed by atoms with E-state index in [1.807, 2.05) is 0 Å². The number of nitro groups is 1. The van der Waals surface area contributed by atoms with Gasteiger partial charge in [0.1, 0.15) is 6.61 Å². The Bertz CT molecular complexity index is 419. The molecule has 0 heterocycles. The van der Waals surface area contributed by atoms with E-state index in [1.165, 1.54) is 0 Å². The molecular weight excluding hydrogens is 317 g/mol. The molecule has 1 aromatic carbocycles. The Hall–Kier alpha value is -0.860. The molecule has 0 aromatic heterocycles. The van der Waals surface area contributed by atoms with Gasteiger partial charge in [-0.05, 0) is 12.1 Å². The van der Waals surface area contributed by atoms with E-state index < -0.39 is 33.7 Å². The van der Waals surface area contributed by atoms with Gasteiger partial charge in [0.15, 0.2) is 17.8 Å². The lowest BCUT2D eigenvalue weighted by atomic mass is 10.4. The van der Waals surface area contributed by atoms with Gasteiger partial charge in [-0.2, -0.15) is 0 Å². The molecule has 0 bridgehead atoms. The van der Waals surface area contributed by atoms with E-state index in [4.69, 9.17) is 4.18 Å². The molecule has 2 atom stereocenters. The van der Waals surface area contributed by atoms with E-state index in [-0.39, 0.29) is 0 Å². The molecule has 17 heavy (non-hydrogen) atoms. The van der Waals surface area contributed by atoms with Crippen LogP contribution in [0.2, 0.25) is 0 Å². The van der Waals surface area contributed by atoms with Crippen LogP contribution in [0.4, 0.5) is 4.39 Å². The van der Waals surface area contributed by atoms with Gasteiger partial charge < -0.3 is 0 Å². The Morgan fingerprint density at radius 2 is 2.06 bits per heavy atom. The summed E-state index contributed by atoms with van der Waals surface area (Å²) in [6, 6.07) is 8.14. The highest BCUT2D eigenvalue weighted by atomic mass is 79.9. The van der Waals surface area contributed by atoms with Crippen LogP contribution in [0.3, 0.4) is 0 Å². The van der Waals surface area contributed by atoms with Gasteiger partial charge in [-0.25, -0.2) is 8.60 Å². The van der Waals surface area contributed by atoms with Gasteiger partial charge >= 0.3 is 4.45 Å². The number of rotatable bonds is 6. The fourth-order valence-electron chi connectivity index (χ4n) is 0.884. The molecule has 0 amide bonds. The van der Waals surface area contributed by atoms with Crippen molar-refractivity contribution in [3.8, 4) is 0 Å². The molecule has 0 radical (unpaired) electrons. The van der Waals surface area contributed by atoms with E-state index in [1.54, 1.807) is 30.3 Å². The normalized spacial score (nSPS) is 16.1. The largest absolute Gasteiger partial charge is 0.326 e. The molecule has 1 rings (SSSR count). The van der Waals surface area contributed by atoms with Crippen molar-refractivity contribution in [1.29, 1.82) is 0 Å². The van der Waals surface area contributed by atoms with Gasteiger partial charge in [0.05, 0.1) is 4.90 Å². The number of benzene rings is 1. The average molecular weight is 326 g/mol. The zero-order valence-corrected chi connectivity index (χ0v) is 10.9. The lowest BCUT2D eigenvalue weighted by molar-refractivity contribution is -0.538. The summed E-state index contributed by atoms with van der Waals surface area (Å²) in [5, 5.41) is 10.5. The van der Waals surface area contributed by atoms with Crippen molar-refractivity contribution in [3.05, 3.63) is 40.4 Å². The summed E-state index contributed by atoms with van der Waals surface area (Å²) in [5.41, 5.74) is 0. The molecule has 0 saturated carbocycles. The van der Waals surface area contributed by atoms with Crippen LogP contribution in [0.5, 0.6) is 0 Å². The zero-order chi connectivity index (χ0) is 12.9. The lowest BCUT2D eigenvalue weighted by Gasteiger charge is -2.14. The second kappa shape index (κ2) is 6.18. The zero-order valence-electron chi connectivity index (χ0n) is 8.55. The smallest absolute Gasteiger partial charge is 0.278 e. The highest BCUT2D eigenvalue weighted by molar-refractivity contribution is 9.10. The maximum Gasteiger partial charge on any atom is 0.326 e. The maximum absolute atomic E-state index is 12.5. The first kappa shape index (κ1) is 14.2. The van der Waals surface area contributed by atoms with Gasteiger partial charge in [0.2, 0.25) is 0 Å². The SMILES string of the molecule is O=[N+]([O-])C(Br)(CF)COS(=O)c1ccccc1. The molecule has 2 unspecified atom stereocenters. The number of hydrogen-bond acceptors (Lipinski definition) is 4. The minimum atomic E-state index is -2.04. The van der Waals surface area contributed by atoms with Crippen molar-refractivity contribution in [2.75, 3.05) is 13.3 Å². The van der Waals surface area contributed by atoms with Crippen molar-refractivity contribution in [2.45, 2.75) is 9.34 Å². The molecular formula is C9H9BrFNO4S. The highest BCUT2D eigenvalue weighted by Crippen LogP contribution is 2.21. The minimum absolute atomic E-state index is 0.365. The van der Waals surface area contributed by atoms with Gasteiger partial charge in [0.25, 0.3) is 0 Å². The second-order valence-electron chi connectivity index (χ2n) is 3.12. The second-order valence-corrected chi connectivity index (χ2v) is 5.77. The number of halogens is 2. The van der Waals surface area contributed by atoms with Crippen molar-refractivity contribution < 1.29 is 17.7 Å². The molecule has 0 fully saturated rings. The van der Waals surface area contributed by atoms with Crippen molar-refractivity contribution in [2.24, 2.45) is 0 Å². The first-order chi connectivity index (χ1) is 7.99. The van der Waals surface area contributed by atoms with Crippen LogP contribution in [0.1, 0.15) is 0 Å². The quantitative estimate of drug-likeness (QED) is 0.347. The summed E-state index contributed by atoms with van der Waals surface area (Å²) >= 11 is 0.767. The minimum Gasteiger partial charge on any atom is -0.278 e. The van der Waals surface area contributed by atoms with Crippen LogP contribution >= 0.6 is 15.9 Å². The van der Waals surface area contributed by atoms with Crippen molar-refractivity contribution in [3.63, 3.8) is 0 Å². The van der Waals surface area contributed by atoms with E-state index in [0.29, 0.717) is 4.90 Å². The molecule has 0 spiro atoms. The highest BCUT2D eigenvalue weighted by Gasteiger charge is 2.41. The Kier molecular flexibility index (Phi) is 5.16. The number of alkyl halides is 2. The van der Waals surface area contributed by atoms with E-state index in [9.17, 15) is 18.7 Å². The lowest BCUT2D eigenvalue weighted by Crippen LogP contribution is -2.39. The molecule has 94 valence electrons. The molecule has 8 heteroatoms. The maximum atomic E-state index is 12.5. The van der Waals surface area contributed by atoms with Crippen molar-refractivity contribution in [1.82, 2.24) is 0 Å². The first-order valence-electron chi connectivity index (χ1n) is 4.49. The predicted octanol–water partition coefficient (Wildman–Crippen LogP) is 2.06. The monoisotopic (exact) mass is 325 g/mol. The van der Waals surface area contributed by atoms with Crippen LogP contribution in [0.15, 0.2) is 35.2 Å². The first-order valence-corrected chi connectivity index (χ1v) is 6.36. The van der Waals surface area contributed by atoms with Gasteiger partial charge in [0, 0.05) is 20.9 Å². The molecule has 5 nitrogen and oxygen atoms in total. The van der Waals surface area contributed by atoms with Crippen LogP contribution in [-0.4, -0.2) is 26.9 Å². The third-order valence-electron chi connectivity index (χ3n) is 1.85. The summed E-state index contributed by atoms with van der Waals surface area (Å²) in [5.74, 6) is 0. The summed E-state index contributed by atoms with van der Waals surface area (Å²) in [6.45, 7) is -1.88. The van der Waals surface area contributed by atoms with Crippen LogP contribution < -0.4 is 0 Å². The topological polar surface area (TPSA) is 69.4 Å². The van der Waals surface area contributed by atoms with Crippen LogP contribution in [0, 0.1) is 10.1 Å². The molecule has 0 aliphatic rings. The number of nitrogens with zero attached hydrogens (tertiary/aromatic N) is 1.